The lowest BCUT2D eigenvalue weighted by Crippen LogP contribution is -2.34. The first-order valence-corrected chi connectivity index (χ1v) is 7.41. The Morgan fingerprint density at radius 3 is 2.65 bits per heavy atom. The summed E-state index contributed by atoms with van der Waals surface area (Å²) in [6.45, 7) is 2.08. The van der Waals surface area contributed by atoms with Gasteiger partial charge in [0.25, 0.3) is 0 Å². The molecule has 0 aliphatic heterocycles. The molecule has 0 bridgehead atoms. The van der Waals surface area contributed by atoms with E-state index in [0.717, 1.165) is 5.56 Å². The van der Waals surface area contributed by atoms with Crippen molar-refractivity contribution >= 4 is 6.09 Å². The molecule has 23 heavy (non-hydrogen) atoms. The Bertz CT molecular complexity index is 643. The van der Waals surface area contributed by atoms with Crippen LogP contribution in [-0.4, -0.2) is 24.4 Å². The Hall–Kier alpha value is -2.69. The summed E-state index contributed by atoms with van der Waals surface area (Å²) < 4.78 is 10.3. The molecule has 0 saturated heterocycles. The summed E-state index contributed by atoms with van der Waals surface area (Å²) in [7, 11) is 1.57. The van der Waals surface area contributed by atoms with Crippen molar-refractivity contribution in [3.05, 3.63) is 59.7 Å². The van der Waals surface area contributed by atoms with Crippen LogP contribution >= 0.6 is 0 Å². The van der Waals surface area contributed by atoms with Gasteiger partial charge in [0.1, 0.15) is 18.1 Å². The van der Waals surface area contributed by atoms with E-state index < -0.39 is 6.09 Å². The van der Waals surface area contributed by atoms with Crippen molar-refractivity contribution in [2.45, 2.75) is 26.0 Å². The van der Waals surface area contributed by atoms with Crippen molar-refractivity contribution in [2.75, 3.05) is 7.11 Å². The summed E-state index contributed by atoms with van der Waals surface area (Å²) in [4.78, 5) is 11.8. The number of methoxy groups -OCH3 is 1. The molecule has 2 rings (SSSR count). The number of benzene rings is 2. The molecule has 2 aromatic carbocycles. The van der Waals surface area contributed by atoms with E-state index >= 15 is 0 Å². The highest BCUT2D eigenvalue weighted by molar-refractivity contribution is 5.67. The Morgan fingerprint density at radius 2 is 1.96 bits per heavy atom. The van der Waals surface area contributed by atoms with Crippen LogP contribution in [-0.2, 0) is 17.8 Å². The third kappa shape index (κ3) is 5.21. The summed E-state index contributed by atoms with van der Waals surface area (Å²) >= 11 is 0. The predicted molar refractivity (Wildman–Crippen MR) is 87.6 cm³/mol. The van der Waals surface area contributed by atoms with Crippen LogP contribution in [0.3, 0.4) is 0 Å². The second-order valence-corrected chi connectivity index (χ2v) is 5.31. The molecular formula is C18H21NO4. The van der Waals surface area contributed by atoms with E-state index in [0.29, 0.717) is 17.7 Å². The molecule has 0 radical (unpaired) electrons. The van der Waals surface area contributed by atoms with Crippen molar-refractivity contribution in [2.24, 2.45) is 0 Å². The Labute approximate surface area is 135 Å². The zero-order valence-electron chi connectivity index (χ0n) is 13.3. The molecule has 0 aliphatic carbocycles. The number of hydrogen-bond acceptors (Lipinski definition) is 4. The van der Waals surface area contributed by atoms with Crippen LogP contribution < -0.4 is 10.1 Å². The van der Waals surface area contributed by atoms with Gasteiger partial charge in [-0.1, -0.05) is 30.3 Å². The average molecular weight is 315 g/mol. The summed E-state index contributed by atoms with van der Waals surface area (Å²) in [5.74, 6) is 0.841. The normalized spacial score (nSPS) is 11.6. The lowest BCUT2D eigenvalue weighted by Gasteiger charge is -2.15. The first-order chi connectivity index (χ1) is 11.1. The minimum absolute atomic E-state index is 0.178. The van der Waals surface area contributed by atoms with Crippen LogP contribution in [0.25, 0.3) is 0 Å². The van der Waals surface area contributed by atoms with Crippen LogP contribution in [0.4, 0.5) is 4.79 Å². The number of ether oxygens (including phenoxy) is 2. The van der Waals surface area contributed by atoms with Crippen molar-refractivity contribution in [1.29, 1.82) is 0 Å². The summed E-state index contributed by atoms with van der Waals surface area (Å²) in [6.07, 6.45) is -0.00698. The summed E-state index contributed by atoms with van der Waals surface area (Å²) in [5, 5.41) is 12.6. The number of amides is 1. The maximum Gasteiger partial charge on any atom is 0.407 e. The number of alkyl carbamates (subject to hydrolysis) is 1. The molecule has 2 aromatic rings. The fraction of sp³-hybridized carbons (Fsp3) is 0.278. The van der Waals surface area contributed by atoms with Crippen molar-refractivity contribution in [3.8, 4) is 11.5 Å². The Balaban J connectivity index is 1.84. The first-order valence-electron chi connectivity index (χ1n) is 7.41. The van der Waals surface area contributed by atoms with Gasteiger partial charge in [0, 0.05) is 6.04 Å². The molecule has 1 amide bonds. The van der Waals surface area contributed by atoms with Gasteiger partial charge >= 0.3 is 6.09 Å². The maximum atomic E-state index is 11.8. The number of rotatable bonds is 6. The molecule has 0 aliphatic rings. The van der Waals surface area contributed by atoms with Crippen LogP contribution in [0, 0.1) is 0 Å². The van der Waals surface area contributed by atoms with Crippen LogP contribution in [0.5, 0.6) is 11.5 Å². The number of phenolic OH excluding ortho intramolecular Hbond substituents is 1. The Morgan fingerprint density at radius 1 is 1.22 bits per heavy atom. The number of nitrogens with one attached hydrogen (secondary N) is 1. The fourth-order valence-electron chi connectivity index (χ4n) is 2.20. The average Bonchev–Trinajstić information content (AvgIpc) is 2.56. The molecule has 5 nitrogen and oxygen atoms in total. The standard InChI is InChI=1S/C18H21NO4/c1-13(10-15-11-16(22-2)8-9-17(15)20)19-18(21)23-12-14-6-4-3-5-7-14/h3-9,11,13,20H,10,12H2,1-2H3,(H,19,21). The molecule has 5 heteroatoms. The van der Waals surface area contributed by atoms with E-state index in [1.807, 2.05) is 37.3 Å². The third-order valence-electron chi connectivity index (χ3n) is 3.39. The highest BCUT2D eigenvalue weighted by Gasteiger charge is 2.12. The highest BCUT2D eigenvalue weighted by Crippen LogP contribution is 2.24. The number of aromatic hydroxyl groups is 1. The molecule has 2 N–H and O–H groups in total. The van der Waals surface area contributed by atoms with E-state index in [2.05, 4.69) is 5.32 Å². The molecule has 0 spiro atoms. The van der Waals surface area contributed by atoms with Crippen molar-refractivity contribution < 1.29 is 19.4 Å². The smallest absolute Gasteiger partial charge is 0.407 e. The summed E-state index contributed by atoms with van der Waals surface area (Å²) in [5.41, 5.74) is 1.64. The van der Waals surface area contributed by atoms with Gasteiger partial charge < -0.3 is 19.9 Å². The maximum absolute atomic E-state index is 11.8. The predicted octanol–water partition coefficient (Wildman–Crippen LogP) is 3.26. The molecule has 1 atom stereocenters. The van der Waals surface area contributed by atoms with Gasteiger partial charge in [0.05, 0.1) is 7.11 Å². The lowest BCUT2D eigenvalue weighted by molar-refractivity contribution is 0.136. The van der Waals surface area contributed by atoms with Crippen LogP contribution in [0.2, 0.25) is 0 Å². The highest BCUT2D eigenvalue weighted by atomic mass is 16.5. The SMILES string of the molecule is COc1ccc(O)c(CC(C)NC(=O)OCc2ccccc2)c1. The molecule has 0 saturated carbocycles. The molecule has 1 unspecified atom stereocenters. The second kappa shape index (κ2) is 8.08. The van der Waals surface area contributed by atoms with E-state index in [-0.39, 0.29) is 18.4 Å². The van der Waals surface area contributed by atoms with E-state index in [1.165, 1.54) is 0 Å². The number of phenols is 1. The number of carbonyl (C=O) groups excluding carboxylic acids is 1. The van der Waals surface area contributed by atoms with Gasteiger partial charge in [-0.15, -0.1) is 0 Å². The minimum Gasteiger partial charge on any atom is -0.508 e. The lowest BCUT2D eigenvalue weighted by atomic mass is 10.1. The zero-order chi connectivity index (χ0) is 16.7. The van der Waals surface area contributed by atoms with Crippen LogP contribution in [0.1, 0.15) is 18.1 Å². The van der Waals surface area contributed by atoms with Gasteiger partial charge in [0.15, 0.2) is 0 Å². The molecule has 0 heterocycles. The van der Waals surface area contributed by atoms with Gasteiger partial charge in [0.2, 0.25) is 0 Å². The topological polar surface area (TPSA) is 67.8 Å². The van der Waals surface area contributed by atoms with E-state index in [1.54, 1.807) is 25.3 Å². The minimum atomic E-state index is -0.483. The number of hydrogen-bond donors (Lipinski definition) is 2. The molecular weight excluding hydrogens is 294 g/mol. The van der Waals surface area contributed by atoms with Crippen molar-refractivity contribution in [1.82, 2.24) is 5.32 Å². The number of carbonyl (C=O) groups is 1. The quantitative estimate of drug-likeness (QED) is 0.858. The summed E-state index contributed by atoms with van der Waals surface area (Å²) in [6, 6.07) is 14.3. The monoisotopic (exact) mass is 315 g/mol. The third-order valence-corrected chi connectivity index (χ3v) is 3.39. The molecule has 0 fully saturated rings. The van der Waals surface area contributed by atoms with E-state index in [9.17, 15) is 9.90 Å². The second-order valence-electron chi connectivity index (χ2n) is 5.31. The van der Waals surface area contributed by atoms with Gasteiger partial charge in [-0.05, 0) is 42.7 Å². The molecule has 0 aromatic heterocycles. The zero-order valence-corrected chi connectivity index (χ0v) is 13.3. The van der Waals surface area contributed by atoms with Gasteiger partial charge in [-0.25, -0.2) is 4.79 Å². The Kier molecular flexibility index (Phi) is 5.86. The van der Waals surface area contributed by atoms with Gasteiger partial charge in [-0.2, -0.15) is 0 Å². The first kappa shape index (κ1) is 16.7. The largest absolute Gasteiger partial charge is 0.508 e. The molecule has 122 valence electrons. The van der Waals surface area contributed by atoms with E-state index in [4.69, 9.17) is 9.47 Å². The van der Waals surface area contributed by atoms with Crippen molar-refractivity contribution in [3.63, 3.8) is 0 Å². The van der Waals surface area contributed by atoms with Crippen LogP contribution in [0.15, 0.2) is 48.5 Å². The van der Waals surface area contributed by atoms with Gasteiger partial charge in [-0.3, -0.25) is 0 Å². The fourth-order valence-corrected chi connectivity index (χ4v) is 2.20.